The van der Waals surface area contributed by atoms with Crippen molar-refractivity contribution in [3.63, 3.8) is 0 Å². The Kier molecular flexibility index (Phi) is 10.7. The van der Waals surface area contributed by atoms with Crippen LogP contribution in [0.4, 0.5) is 15.9 Å². The second kappa shape index (κ2) is 13.1. The van der Waals surface area contributed by atoms with E-state index in [4.69, 9.17) is 4.74 Å². The number of anilines is 2. The lowest BCUT2D eigenvalue weighted by molar-refractivity contribution is -0.123. The van der Waals surface area contributed by atoms with Gasteiger partial charge in [0.15, 0.2) is 6.10 Å². The number of carbonyl (C=O) groups is 2. The van der Waals surface area contributed by atoms with Crippen LogP contribution in [-0.2, 0) is 20.4 Å². The van der Waals surface area contributed by atoms with Crippen molar-refractivity contribution in [3.05, 3.63) is 47.5 Å². The van der Waals surface area contributed by atoms with Crippen LogP contribution in [0, 0.1) is 0 Å². The molecule has 0 radical (unpaired) electrons. The first-order valence-corrected chi connectivity index (χ1v) is 13.7. The molecule has 38 heavy (non-hydrogen) atoms. The Morgan fingerprint density at radius 2 is 1.66 bits per heavy atom. The van der Waals surface area contributed by atoms with Gasteiger partial charge < -0.3 is 15.2 Å². The zero-order valence-electron chi connectivity index (χ0n) is 24.3. The Morgan fingerprint density at radius 1 is 1.00 bits per heavy atom. The van der Waals surface area contributed by atoms with Gasteiger partial charge >= 0.3 is 0 Å². The van der Waals surface area contributed by atoms with Crippen molar-refractivity contribution in [1.82, 2.24) is 0 Å². The quantitative estimate of drug-likeness (QED) is 0.258. The molecule has 0 aliphatic heterocycles. The maximum absolute atomic E-state index is 14.6. The van der Waals surface area contributed by atoms with E-state index < -0.39 is 17.9 Å². The number of phenols is 1. The van der Waals surface area contributed by atoms with Gasteiger partial charge in [0.2, 0.25) is 0 Å². The largest absolute Gasteiger partial charge is 0.508 e. The lowest BCUT2D eigenvalue weighted by Crippen LogP contribution is -2.33. The van der Waals surface area contributed by atoms with Crippen LogP contribution in [-0.4, -0.2) is 23.0 Å². The molecule has 2 amide bonds. The minimum absolute atomic E-state index is 0.00782. The normalized spacial score (nSPS) is 12.7. The molecule has 0 heterocycles. The maximum Gasteiger partial charge on any atom is 0.265 e. The Bertz CT molecular complexity index is 1110. The molecule has 0 spiro atoms. The van der Waals surface area contributed by atoms with Crippen LogP contribution in [0.15, 0.2) is 36.4 Å². The molecule has 210 valence electrons. The minimum atomic E-state index is -0.815. The van der Waals surface area contributed by atoms with E-state index >= 15 is 0 Å². The summed E-state index contributed by atoms with van der Waals surface area (Å²) >= 11 is 0. The second-order valence-electron chi connectivity index (χ2n) is 11.2. The highest BCUT2D eigenvalue weighted by molar-refractivity contribution is 5.96. The fourth-order valence-electron chi connectivity index (χ4n) is 4.03. The summed E-state index contributed by atoms with van der Waals surface area (Å²) in [7, 11) is 0. The van der Waals surface area contributed by atoms with E-state index in [1.807, 2.05) is 19.9 Å². The van der Waals surface area contributed by atoms with Gasteiger partial charge in [-0.2, -0.15) is 0 Å². The molecule has 0 aliphatic rings. The zero-order valence-corrected chi connectivity index (χ0v) is 24.3. The predicted molar refractivity (Wildman–Crippen MR) is 153 cm³/mol. The third-order valence-electron chi connectivity index (χ3n) is 7.55. The zero-order chi connectivity index (χ0) is 28.7. The standard InChI is InChI=1S/C31H45FN2O4/c1-9-13-14-28(36)34(32)23-18-22(19-24(35)20-23)33-29(37)26(10-2)38-27-16-15-21(30(5,6)11-3)17-25(27)31(7,8)12-4/h15-20,26,35H,9-14H2,1-8H3,(H,33,37). The SMILES string of the molecule is CCCCC(=O)N(F)c1cc(O)cc(NC(=O)C(CC)Oc2ccc(C(C)(C)CC)cc2C(C)(C)CC)c1. The van der Waals surface area contributed by atoms with Crippen molar-refractivity contribution in [2.45, 2.75) is 111 Å². The first kappa shape index (κ1) is 31.1. The fraction of sp³-hybridized carbons (Fsp3) is 0.548. The molecule has 7 heteroatoms. The Labute approximate surface area is 227 Å². The number of unbranched alkanes of at least 4 members (excludes halogenated alkanes) is 1. The number of nitrogens with one attached hydrogen (secondary N) is 1. The van der Waals surface area contributed by atoms with E-state index in [1.165, 1.54) is 17.7 Å². The number of hydrogen-bond acceptors (Lipinski definition) is 4. The summed E-state index contributed by atoms with van der Waals surface area (Å²) in [5.74, 6) is -0.739. The van der Waals surface area contributed by atoms with Gasteiger partial charge in [-0.3, -0.25) is 9.59 Å². The third kappa shape index (κ3) is 7.71. The van der Waals surface area contributed by atoms with Crippen molar-refractivity contribution < 1.29 is 23.9 Å². The lowest BCUT2D eigenvalue weighted by atomic mass is 9.76. The first-order valence-electron chi connectivity index (χ1n) is 13.7. The lowest BCUT2D eigenvalue weighted by Gasteiger charge is -2.31. The van der Waals surface area contributed by atoms with Crippen molar-refractivity contribution in [2.24, 2.45) is 0 Å². The number of rotatable bonds is 13. The van der Waals surface area contributed by atoms with Gasteiger partial charge in [-0.15, -0.1) is 5.12 Å². The average molecular weight is 529 g/mol. The van der Waals surface area contributed by atoms with E-state index in [0.717, 1.165) is 30.9 Å². The van der Waals surface area contributed by atoms with E-state index in [9.17, 15) is 19.2 Å². The second-order valence-corrected chi connectivity index (χ2v) is 11.2. The highest BCUT2D eigenvalue weighted by Crippen LogP contribution is 2.39. The predicted octanol–water partition coefficient (Wildman–Crippen LogP) is 7.97. The molecule has 0 aromatic heterocycles. The van der Waals surface area contributed by atoms with Gasteiger partial charge in [0.25, 0.3) is 11.8 Å². The molecule has 2 N–H and O–H groups in total. The summed E-state index contributed by atoms with van der Waals surface area (Å²) in [5, 5.41) is 12.9. The van der Waals surface area contributed by atoms with Crippen LogP contribution >= 0.6 is 0 Å². The Morgan fingerprint density at radius 3 is 2.24 bits per heavy atom. The molecular formula is C31H45FN2O4. The van der Waals surface area contributed by atoms with Gasteiger partial charge in [-0.05, 0) is 54.2 Å². The molecular weight excluding hydrogens is 483 g/mol. The topological polar surface area (TPSA) is 78.9 Å². The van der Waals surface area contributed by atoms with Crippen LogP contribution in [0.5, 0.6) is 11.5 Å². The molecule has 0 aliphatic carbocycles. The van der Waals surface area contributed by atoms with Crippen molar-refractivity contribution in [1.29, 1.82) is 0 Å². The summed E-state index contributed by atoms with van der Waals surface area (Å²) in [5.41, 5.74) is 2.14. The average Bonchev–Trinajstić information content (AvgIpc) is 2.89. The minimum Gasteiger partial charge on any atom is -0.508 e. The number of aromatic hydroxyl groups is 1. The number of phenolic OH excluding ortho intramolecular Hbond substituents is 1. The van der Waals surface area contributed by atoms with Gasteiger partial charge in [0, 0.05) is 29.8 Å². The van der Waals surface area contributed by atoms with Crippen LogP contribution < -0.4 is 15.2 Å². The van der Waals surface area contributed by atoms with Gasteiger partial charge in [0.1, 0.15) is 11.5 Å². The number of hydrogen-bond donors (Lipinski definition) is 2. The summed E-state index contributed by atoms with van der Waals surface area (Å²) in [6.45, 7) is 16.8. The molecule has 2 aromatic carbocycles. The highest BCUT2D eigenvalue weighted by Gasteiger charge is 2.29. The summed E-state index contributed by atoms with van der Waals surface area (Å²) in [6.07, 6.45) is 2.85. The summed E-state index contributed by atoms with van der Waals surface area (Å²) in [4.78, 5) is 25.3. The van der Waals surface area contributed by atoms with E-state index in [0.29, 0.717) is 18.6 Å². The highest BCUT2D eigenvalue weighted by atomic mass is 19.2. The van der Waals surface area contributed by atoms with Crippen LogP contribution in [0.25, 0.3) is 0 Å². The molecule has 0 saturated heterocycles. The van der Waals surface area contributed by atoms with E-state index in [-0.39, 0.29) is 39.5 Å². The molecule has 1 unspecified atom stereocenters. The number of ether oxygens (including phenoxy) is 1. The smallest absolute Gasteiger partial charge is 0.265 e. The number of nitrogens with zero attached hydrogens (tertiary/aromatic N) is 1. The first-order chi connectivity index (χ1) is 17.8. The maximum atomic E-state index is 14.6. The monoisotopic (exact) mass is 528 g/mol. The van der Waals surface area contributed by atoms with E-state index in [1.54, 1.807) is 0 Å². The van der Waals surface area contributed by atoms with Crippen LogP contribution in [0.1, 0.15) is 105 Å². The van der Waals surface area contributed by atoms with Gasteiger partial charge in [-0.25, -0.2) is 0 Å². The fourth-order valence-corrected chi connectivity index (χ4v) is 4.03. The molecule has 0 bridgehead atoms. The molecule has 2 rings (SSSR count). The molecule has 2 aromatic rings. The Hall–Kier alpha value is -3.09. The third-order valence-corrected chi connectivity index (χ3v) is 7.55. The number of benzene rings is 2. The number of carbonyl (C=O) groups excluding carboxylic acids is 2. The summed E-state index contributed by atoms with van der Waals surface area (Å²) in [6, 6.07) is 9.98. The summed E-state index contributed by atoms with van der Waals surface area (Å²) < 4.78 is 20.9. The number of amides is 2. The molecule has 1 atom stereocenters. The van der Waals surface area contributed by atoms with Crippen molar-refractivity contribution in [3.8, 4) is 11.5 Å². The number of halogens is 1. The van der Waals surface area contributed by atoms with Gasteiger partial charge in [0.05, 0.1) is 5.69 Å². The van der Waals surface area contributed by atoms with Crippen LogP contribution in [0.3, 0.4) is 0 Å². The van der Waals surface area contributed by atoms with Crippen molar-refractivity contribution in [2.75, 3.05) is 10.4 Å². The molecule has 6 nitrogen and oxygen atoms in total. The van der Waals surface area contributed by atoms with Gasteiger partial charge in [-0.1, -0.05) is 78.4 Å². The van der Waals surface area contributed by atoms with Crippen molar-refractivity contribution >= 4 is 23.2 Å². The van der Waals surface area contributed by atoms with E-state index in [2.05, 4.69) is 59.0 Å². The van der Waals surface area contributed by atoms with Crippen LogP contribution in [0.2, 0.25) is 0 Å². The molecule has 0 fully saturated rings. The molecule has 0 saturated carbocycles. The Balaban J connectivity index is 2.32.